The van der Waals surface area contributed by atoms with Crippen molar-refractivity contribution in [1.29, 1.82) is 0 Å². The van der Waals surface area contributed by atoms with Crippen molar-refractivity contribution in [2.24, 2.45) is 5.92 Å². The van der Waals surface area contributed by atoms with Crippen LogP contribution in [0.15, 0.2) is 133 Å². The van der Waals surface area contributed by atoms with Gasteiger partial charge in [0.15, 0.2) is 0 Å². The number of halogens is 1. The zero-order chi connectivity index (χ0) is 30.3. The van der Waals surface area contributed by atoms with Crippen molar-refractivity contribution in [2.45, 2.75) is 18.8 Å². The molecular formula is C38H34ClN3O2. The maximum absolute atomic E-state index is 13.5. The quantitative estimate of drug-likeness (QED) is 0.187. The van der Waals surface area contributed by atoms with Crippen molar-refractivity contribution in [3.8, 4) is 11.1 Å². The molecule has 44 heavy (non-hydrogen) atoms. The Labute approximate surface area is 263 Å². The average molecular weight is 600 g/mol. The Bertz CT molecular complexity index is 1720. The molecule has 5 aromatic carbocycles. The highest BCUT2D eigenvalue weighted by molar-refractivity contribution is 6.33. The van der Waals surface area contributed by atoms with Gasteiger partial charge in [0.2, 0.25) is 5.91 Å². The minimum atomic E-state index is -0.218. The summed E-state index contributed by atoms with van der Waals surface area (Å²) in [5, 5.41) is 6.79. The number of carbonyl (C=O) groups excluding carboxylic acids is 2. The molecule has 6 rings (SSSR count). The van der Waals surface area contributed by atoms with Gasteiger partial charge in [-0.3, -0.25) is 9.59 Å². The van der Waals surface area contributed by atoms with Gasteiger partial charge in [0.05, 0.1) is 5.92 Å². The van der Waals surface area contributed by atoms with E-state index >= 15 is 0 Å². The number of nitrogens with zero attached hydrogens (tertiary/aromatic N) is 1. The highest BCUT2D eigenvalue weighted by Crippen LogP contribution is 2.36. The summed E-state index contributed by atoms with van der Waals surface area (Å²) in [7, 11) is 0. The normalized spacial score (nSPS) is 14.1. The van der Waals surface area contributed by atoms with E-state index in [1.165, 1.54) is 0 Å². The molecule has 2 N–H and O–H groups in total. The fraction of sp³-hybridized carbons (Fsp3) is 0.158. The summed E-state index contributed by atoms with van der Waals surface area (Å²) in [5.74, 6) is -0.134. The summed E-state index contributed by atoms with van der Waals surface area (Å²) in [6.07, 6.45) is 1.80. The second kappa shape index (κ2) is 13.6. The van der Waals surface area contributed by atoms with Crippen LogP contribution in [0.1, 0.15) is 34.7 Å². The SMILES string of the molecule is O=C(Nc1ccc(N2CCC(C(C(=O)Nc3ccccc3)c3ccccc3)CC2)cc1)c1ccccc1-c1ccccc1Cl. The lowest BCUT2D eigenvalue weighted by Gasteiger charge is -2.37. The summed E-state index contributed by atoms with van der Waals surface area (Å²) in [6, 6.07) is 42.8. The molecule has 1 saturated heterocycles. The third-order valence-electron chi connectivity index (χ3n) is 8.32. The number of amides is 2. The Kier molecular flexibility index (Phi) is 9.04. The topological polar surface area (TPSA) is 61.4 Å². The van der Waals surface area contributed by atoms with Crippen molar-refractivity contribution >= 4 is 40.5 Å². The van der Waals surface area contributed by atoms with Crippen LogP contribution in [0, 0.1) is 5.92 Å². The van der Waals surface area contributed by atoms with Gasteiger partial charge in [0.1, 0.15) is 0 Å². The van der Waals surface area contributed by atoms with Crippen molar-refractivity contribution < 1.29 is 9.59 Å². The van der Waals surface area contributed by atoms with Crippen molar-refractivity contribution in [3.05, 3.63) is 150 Å². The summed E-state index contributed by atoms with van der Waals surface area (Å²) in [5.41, 5.74) is 5.88. The molecule has 0 aromatic heterocycles. The third-order valence-corrected chi connectivity index (χ3v) is 8.65. The highest BCUT2D eigenvalue weighted by atomic mass is 35.5. The Morgan fingerprint density at radius 1 is 0.636 bits per heavy atom. The number of piperidine rings is 1. The molecule has 0 spiro atoms. The Morgan fingerprint density at radius 3 is 1.89 bits per heavy atom. The Hall–Kier alpha value is -4.87. The van der Waals surface area contributed by atoms with Gasteiger partial charge in [-0.25, -0.2) is 0 Å². The molecule has 5 nitrogen and oxygen atoms in total. The first-order chi connectivity index (χ1) is 21.6. The second-order valence-electron chi connectivity index (χ2n) is 11.1. The van der Waals surface area contributed by atoms with Gasteiger partial charge < -0.3 is 15.5 Å². The molecule has 1 fully saturated rings. The molecule has 6 heteroatoms. The van der Waals surface area contributed by atoms with Gasteiger partial charge in [-0.2, -0.15) is 0 Å². The second-order valence-corrected chi connectivity index (χ2v) is 11.5. The van der Waals surface area contributed by atoms with Crippen LogP contribution >= 0.6 is 11.6 Å². The van der Waals surface area contributed by atoms with E-state index in [0.717, 1.165) is 59.7 Å². The van der Waals surface area contributed by atoms with E-state index in [1.807, 2.05) is 121 Å². The molecule has 0 bridgehead atoms. The van der Waals surface area contributed by atoms with Crippen molar-refractivity contribution in [1.82, 2.24) is 0 Å². The van der Waals surface area contributed by atoms with E-state index in [9.17, 15) is 9.59 Å². The lowest BCUT2D eigenvalue weighted by molar-refractivity contribution is -0.118. The maximum atomic E-state index is 13.5. The molecule has 5 aromatic rings. The third kappa shape index (κ3) is 6.69. The lowest BCUT2D eigenvalue weighted by Crippen LogP contribution is -2.38. The summed E-state index contributed by atoms with van der Waals surface area (Å²) in [6.45, 7) is 1.70. The number of nitrogens with one attached hydrogen (secondary N) is 2. The molecule has 1 heterocycles. The number of carbonyl (C=O) groups is 2. The van der Waals surface area contributed by atoms with E-state index < -0.39 is 0 Å². The van der Waals surface area contributed by atoms with Crippen LogP contribution in [-0.4, -0.2) is 24.9 Å². The minimum absolute atomic E-state index is 0.0389. The molecular weight excluding hydrogens is 566 g/mol. The number of hydrogen-bond donors (Lipinski definition) is 2. The molecule has 1 aliphatic heterocycles. The number of benzene rings is 5. The molecule has 220 valence electrons. The standard InChI is InChI=1S/C38H34ClN3O2/c39-35-18-10-9-16-33(35)32-15-7-8-17-34(32)37(43)40-30-19-21-31(22-20-30)42-25-23-28(24-26-42)36(27-11-3-1-4-12-27)38(44)41-29-13-5-2-6-14-29/h1-22,28,36H,23-26H2,(H,40,43)(H,41,44). The van der Waals surface area contributed by atoms with Crippen LogP contribution in [0.25, 0.3) is 11.1 Å². The zero-order valence-corrected chi connectivity index (χ0v) is 25.1. The van der Waals surface area contributed by atoms with Crippen molar-refractivity contribution in [2.75, 3.05) is 28.6 Å². The minimum Gasteiger partial charge on any atom is -0.372 e. The molecule has 0 radical (unpaired) electrons. The smallest absolute Gasteiger partial charge is 0.256 e. The number of rotatable bonds is 8. The molecule has 2 amide bonds. The summed E-state index contributed by atoms with van der Waals surface area (Å²) < 4.78 is 0. The molecule has 1 aliphatic rings. The van der Waals surface area contributed by atoms with Crippen LogP contribution < -0.4 is 15.5 Å². The van der Waals surface area contributed by atoms with Crippen LogP contribution in [0.5, 0.6) is 0 Å². The summed E-state index contributed by atoms with van der Waals surface area (Å²) in [4.78, 5) is 29.2. The Morgan fingerprint density at radius 2 is 1.20 bits per heavy atom. The van der Waals surface area contributed by atoms with Gasteiger partial charge in [0.25, 0.3) is 5.91 Å². The first-order valence-electron chi connectivity index (χ1n) is 15.0. The monoisotopic (exact) mass is 599 g/mol. The predicted molar refractivity (Wildman–Crippen MR) is 180 cm³/mol. The molecule has 0 saturated carbocycles. The maximum Gasteiger partial charge on any atom is 0.256 e. The van der Waals surface area contributed by atoms with E-state index in [0.29, 0.717) is 10.6 Å². The van der Waals surface area contributed by atoms with Gasteiger partial charge >= 0.3 is 0 Å². The van der Waals surface area contributed by atoms with Crippen LogP contribution in [0.2, 0.25) is 5.02 Å². The van der Waals surface area contributed by atoms with Crippen LogP contribution in [0.4, 0.5) is 17.1 Å². The largest absolute Gasteiger partial charge is 0.372 e. The fourth-order valence-electron chi connectivity index (χ4n) is 6.08. The number of hydrogen-bond acceptors (Lipinski definition) is 3. The van der Waals surface area contributed by atoms with Crippen LogP contribution in [-0.2, 0) is 4.79 Å². The van der Waals surface area contributed by atoms with E-state index in [4.69, 9.17) is 11.6 Å². The molecule has 1 unspecified atom stereocenters. The van der Waals surface area contributed by atoms with Gasteiger partial charge in [-0.15, -0.1) is 0 Å². The van der Waals surface area contributed by atoms with Gasteiger partial charge in [0, 0.05) is 46.3 Å². The first-order valence-corrected chi connectivity index (χ1v) is 15.4. The average Bonchev–Trinajstić information content (AvgIpc) is 3.07. The van der Waals surface area contributed by atoms with E-state index in [1.54, 1.807) is 0 Å². The zero-order valence-electron chi connectivity index (χ0n) is 24.3. The number of para-hydroxylation sites is 1. The van der Waals surface area contributed by atoms with Gasteiger partial charge in [-0.1, -0.05) is 96.5 Å². The molecule has 1 atom stereocenters. The lowest BCUT2D eigenvalue weighted by atomic mass is 9.79. The molecule has 0 aliphatic carbocycles. The first kappa shape index (κ1) is 29.2. The Balaban J connectivity index is 1.11. The fourth-order valence-corrected chi connectivity index (χ4v) is 6.32. The predicted octanol–water partition coefficient (Wildman–Crippen LogP) is 8.90. The van der Waals surface area contributed by atoms with Crippen molar-refractivity contribution in [3.63, 3.8) is 0 Å². The summed E-state index contributed by atoms with van der Waals surface area (Å²) >= 11 is 6.44. The van der Waals surface area contributed by atoms with E-state index in [2.05, 4.69) is 27.7 Å². The van der Waals surface area contributed by atoms with Gasteiger partial charge in [-0.05, 0) is 78.4 Å². The van der Waals surface area contributed by atoms with Crippen LogP contribution in [0.3, 0.4) is 0 Å². The number of anilines is 3. The highest BCUT2D eigenvalue weighted by Gasteiger charge is 2.33. The van der Waals surface area contributed by atoms with E-state index in [-0.39, 0.29) is 23.7 Å².